The fraction of sp³-hybridized carbons (Fsp3) is 0.231. The van der Waals surface area contributed by atoms with Crippen LogP contribution in [-0.2, 0) is 0 Å². The van der Waals surface area contributed by atoms with Gasteiger partial charge in [0.15, 0.2) is 5.75 Å². The van der Waals surface area contributed by atoms with Gasteiger partial charge in [0.1, 0.15) is 0 Å². The first-order chi connectivity index (χ1) is 9.47. The van der Waals surface area contributed by atoms with E-state index in [2.05, 4.69) is 26.0 Å². The van der Waals surface area contributed by atoms with Crippen LogP contribution >= 0.6 is 38.9 Å². The Morgan fingerprint density at radius 2 is 2.15 bits per heavy atom. The lowest BCUT2D eigenvalue weighted by Gasteiger charge is -2.18. The predicted octanol–water partition coefficient (Wildman–Crippen LogP) is 5.94. The monoisotopic (exact) mass is 381 g/mol. The number of benzene rings is 1. The maximum Gasteiger partial charge on any atom is 0.387 e. The largest absolute Gasteiger partial charge is 0.431 e. The van der Waals surface area contributed by atoms with Crippen molar-refractivity contribution in [2.75, 3.05) is 5.32 Å². The third kappa shape index (κ3) is 3.84. The molecule has 1 aromatic carbocycles. The average Bonchev–Trinajstić information content (AvgIpc) is 2.87. The molecule has 7 heteroatoms. The van der Waals surface area contributed by atoms with Gasteiger partial charge in [0.2, 0.25) is 0 Å². The third-order valence-corrected chi connectivity index (χ3v) is 4.42. The maximum absolute atomic E-state index is 12.5. The Morgan fingerprint density at radius 3 is 2.75 bits per heavy atom. The van der Waals surface area contributed by atoms with Gasteiger partial charge >= 0.3 is 6.61 Å². The van der Waals surface area contributed by atoms with Gasteiger partial charge in [-0.15, -0.1) is 11.3 Å². The van der Waals surface area contributed by atoms with Crippen molar-refractivity contribution < 1.29 is 13.5 Å². The van der Waals surface area contributed by atoms with Crippen molar-refractivity contribution in [2.24, 2.45) is 0 Å². The first kappa shape index (κ1) is 15.5. The number of halogens is 4. The van der Waals surface area contributed by atoms with Crippen molar-refractivity contribution in [2.45, 2.75) is 19.6 Å². The fourth-order valence-corrected chi connectivity index (χ4v) is 3.36. The highest BCUT2D eigenvalue weighted by Crippen LogP contribution is 2.39. The maximum atomic E-state index is 12.5. The summed E-state index contributed by atoms with van der Waals surface area (Å²) in [6.45, 7) is -0.961. The number of hydrogen-bond donors (Lipinski definition) is 1. The Labute approximate surface area is 132 Å². The van der Waals surface area contributed by atoms with Gasteiger partial charge in [-0.3, -0.25) is 0 Å². The SMILES string of the molecule is CC(Nc1cc(Cl)cc(Br)c1OC(F)F)c1cccs1. The number of nitrogens with one attached hydrogen (secondary N) is 1. The molecule has 1 atom stereocenters. The van der Waals surface area contributed by atoms with E-state index in [0.717, 1.165) is 4.88 Å². The Balaban J connectivity index is 2.29. The molecule has 2 aromatic rings. The van der Waals surface area contributed by atoms with Crippen LogP contribution in [0.1, 0.15) is 17.8 Å². The van der Waals surface area contributed by atoms with Gasteiger partial charge in [-0.1, -0.05) is 17.7 Å². The molecule has 1 unspecified atom stereocenters. The van der Waals surface area contributed by atoms with Gasteiger partial charge in [-0.25, -0.2) is 0 Å². The summed E-state index contributed by atoms with van der Waals surface area (Å²) >= 11 is 10.7. The highest BCUT2D eigenvalue weighted by atomic mass is 79.9. The van der Waals surface area contributed by atoms with Gasteiger partial charge in [-0.2, -0.15) is 8.78 Å². The Morgan fingerprint density at radius 1 is 1.40 bits per heavy atom. The summed E-state index contributed by atoms with van der Waals surface area (Å²) in [7, 11) is 0. The van der Waals surface area contributed by atoms with E-state index in [9.17, 15) is 8.78 Å². The van der Waals surface area contributed by atoms with Gasteiger partial charge in [0.25, 0.3) is 0 Å². The molecule has 1 aromatic heterocycles. The molecule has 1 N–H and O–H groups in total. The first-order valence-electron chi connectivity index (χ1n) is 5.71. The molecule has 0 fully saturated rings. The summed E-state index contributed by atoms with van der Waals surface area (Å²) in [5, 5.41) is 5.52. The van der Waals surface area contributed by atoms with E-state index in [1.807, 2.05) is 24.4 Å². The van der Waals surface area contributed by atoms with Gasteiger partial charge in [0, 0.05) is 9.90 Å². The molecule has 0 radical (unpaired) electrons. The minimum absolute atomic E-state index is 0.0413. The Kier molecular flexibility index (Phi) is 5.23. The molecular formula is C13H11BrClF2NOS. The van der Waals surface area contributed by atoms with Crippen LogP contribution in [0.15, 0.2) is 34.1 Å². The van der Waals surface area contributed by atoms with Crippen molar-refractivity contribution in [3.8, 4) is 5.75 Å². The number of ether oxygens (including phenoxy) is 1. The molecule has 0 aliphatic carbocycles. The van der Waals surface area contributed by atoms with Gasteiger partial charge in [-0.05, 0) is 46.4 Å². The second-order valence-electron chi connectivity index (χ2n) is 4.02. The normalized spacial score (nSPS) is 12.5. The zero-order chi connectivity index (χ0) is 14.7. The molecule has 0 amide bonds. The van der Waals surface area contributed by atoms with Crippen LogP contribution in [0.5, 0.6) is 5.75 Å². The lowest BCUT2D eigenvalue weighted by molar-refractivity contribution is -0.0498. The van der Waals surface area contributed by atoms with E-state index in [4.69, 9.17) is 11.6 Å². The average molecular weight is 383 g/mol. The molecule has 0 aliphatic heterocycles. The van der Waals surface area contributed by atoms with Crippen molar-refractivity contribution in [1.82, 2.24) is 0 Å². The van der Waals surface area contributed by atoms with E-state index in [1.54, 1.807) is 17.4 Å². The molecular weight excluding hydrogens is 372 g/mol. The quantitative estimate of drug-likeness (QED) is 0.691. The lowest BCUT2D eigenvalue weighted by atomic mass is 10.2. The minimum Gasteiger partial charge on any atom is -0.431 e. The fourth-order valence-electron chi connectivity index (χ4n) is 1.72. The number of thiophene rings is 1. The van der Waals surface area contributed by atoms with Crippen LogP contribution in [0.3, 0.4) is 0 Å². The molecule has 2 nitrogen and oxygen atoms in total. The smallest absolute Gasteiger partial charge is 0.387 e. The summed E-state index contributed by atoms with van der Waals surface area (Å²) in [6.07, 6.45) is 0. The third-order valence-electron chi connectivity index (χ3n) is 2.56. The molecule has 108 valence electrons. The number of alkyl halides is 2. The zero-order valence-corrected chi connectivity index (χ0v) is 13.5. The van der Waals surface area contributed by atoms with Crippen molar-refractivity contribution >= 4 is 44.6 Å². The van der Waals surface area contributed by atoms with E-state index in [0.29, 0.717) is 15.2 Å². The minimum atomic E-state index is -2.90. The van der Waals surface area contributed by atoms with Crippen LogP contribution in [0, 0.1) is 0 Å². The van der Waals surface area contributed by atoms with E-state index >= 15 is 0 Å². The summed E-state index contributed by atoms with van der Waals surface area (Å²) in [5.74, 6) is 0.0489. The van der Waals surface area contributed by atoms with Crippen molar-refractivity contribution in [1.29, 1.82) is 0 Å². The number of hydrogen-bond acceptors (Lipinski definition) is 3. The molecule has 1 heterocycles. The molecule has 0 aliphatic rings. The Bertz CT molecular complexity index is 580. The van der Waals surface area contributed by atoms with Crippen LogP contribution in [0.2, 0.25) is 5.02 Å². The van der Waals surface area contributed by atoms with E-state index < -0.39 is 6.61 Å². The van der Waals surface area contributed by atoms with Crippen molar-refractivity contribution in [3.63, 3.8) is 0 Å². The summed E-state index contributed by atoms with van der Waals surface area (Å²) in [6, 6.07) is 6.94. The number of rotatable bonds is 5. The summed E-state index contributed by atoms with van der Waals surface area (Å²) in [4.78, 5) is 1.09. The van der Waals surface area contributed by atoms with Crippen molar-refractivity contribution in [3.05, 3.63) is 44.0 Å². The highest BCUT2D eigenvalue weighted by Gasteiger charge is 2.17. The van der Waals surface area contributed by atoms with Crippen LogP contribution in [0.25, 0.3) is 0 Å². The Hall–Kier alpha value is -0.850. The van der Waals surface area contributed by atoms with E-state index in [-0.39, 0.29) is 11.8 Å². The second kappa shape index (κ2) is 6.74. The molecule has 0 spiro atoms. The summed E-state index contributed by atoms with van der Waals surface area (Å²) in [5.41, 5.74) is 0.422. The molecule has 0 saturated heterocycles. The van der Waals surface area contributed by atoms with E-state index in [1.165, 1.54) is 6.07 Å². The lowest BCUT2D eigenvalue weighted by Crippen LogP contribution is -2.09. The topological polar surface area (TPSA) is 21.3 Å². The van der Waals surface area contributed by atoms with Gasteiger partial charge < -0.3 is 10.1 Å². The second-order valence-corrected chi connectivity index (χ2v) is 6.29. The first-order valence-corrected chi connectivity index (χ1v) is 7.76. The molecule has 2 rings (SSSR count). The van der Waals surface area contributed by atoms with Crippen LogP contribution in [0.4, 0.5) is 14.5 Å². The standard InChI is InChI=1S/C13H11BrClF2NOS/c1-7(11-3-2-4-20-11)18-10-6-8(15)5-9(14)12(10)19-13(16)17/h2-7,13,18H,1H3. The van der Waals surface area contributed by atoms with Crippen LogP contribution in [-0.4, -0.2) is 6.61 Å². The zero-order valence-electron chi connectivity index (χ0n) is 10.4. The highest BCUT2D eigenvalue weighted by molar-refractivity contribution is 9.10. The summed E-state index contributed by atoms with van der Waals surface area (Å²) < 4.78 is 29.9. The predicted molar refractivity (Wildman–Crippen MR) is 82.1 cm³/mol. The molecule has 0 bridgehead atoms. The molecule has 20 heavy (non-hydrogen) atoms. The molecule has 0 saturated carbocycles. The number of anilines is 1. The van der Waals surface area contributed by atoms with Gasteiger partial charge in [0.05, 0.1) is 16.2 Å². The van der Waals surface area contributed by atoms with Crippen LogP contribution < -0.4 is 10.1 Å².